The number of guanidine groups is 1. The fourth-order valence-electron chi connectivity index (χ4n) is 3.08. The lowest BCUT2D eigenvalue weighted by molar-refractivity contribution is 0.287. The van der Waals surface area contributed by atoms with E-state index >= 15 is 0 Å². The van der Waals surface area contributed by atoms with Crippen molar-refractivity contribution in [2.45, 2.75) is 33.2 Å². The Morgan fingerprint density at radius 1 is 1.25 bits per heavy atom. The zero-order chi connectivity index (χ0) is 17.2. The van der Waals surface area contributed by atoms with Crippen LogP contribution in [0.3, 0.4) is 0 Å². The van der Waals surface area contributed by atoms with Crippen molar-refractivity contribution >= 4 is 5.96 Å². The maximum Gasteiger partial charge on any atom is 0.191 e. The van der Waals surface area contributed by atoms with Gasteiger partial charge in [0.15, 0.2) is 5.96 Å². The van der Waals surface area contributed by atoms with Crippen molar-refractivity contribution in [2.24, 2.45) is 10.9 Å². The van der Waals surface area contributed by atoms with Crippen LogP contribution < -0.4 is 15.4 Å². The molecule has 24 heavy (non-hydrogen) atoms. The van der Waals surface area contributed by atoms with Crippen molar-refractivity contribution in [3.63, 3.8) is 0 Å². The molecule has 5 heteroatoms. The molecule has 5 nitrogen and oxygen atoms in total. The standard InChI is InChI=1S/C19H32N4O/c1-4-20-19(21-13-16(2)15-23-11-7-8-12-23)22-14-17-9-5-6-10-18(17)24-3/h5-6,9-10,16H,4,7-8,11-15H2,1-3H3,(H2,20,21,22). The van der Waals surface area contributed by atoms with Gasteiger partial charge in [0.1, 0.15) is 5.75 Å². The number of para-hydroxylation sites is 1. The SMILES string of the molecule is CCNC(=NCc1ccccc1OC)NCC(C)CN1CCCC1. The maximum absolute atomic E-state index is 5.39. The molecule has 1 unspecified atom stereocenters. The van der Waals surface area contributed by atoms with E-state index in [2.05, 4.69) is 35.4 Å². The van der Waals surface area contributed by atoms with Crippen molar-refractivity contribution in [3.8, 4) is 5.75 Å². The van der Waals surface area contributed by atoms with Crippen molar-refractivity contribution in [3.05, 3.63) is 29.8 Å². The summed E-state index contributed by atoms with van der Waals surface area (Å²) in [6.45, 7) is 10.5. The fraction of sp³-hybridized carbons (Fsp3) is 0.632. The van der Waals surface area contributed by atoms with E-state index in [9.17, 15) is 0 Å². The number of hydrogen-bond acceptors (Lipinski definition) is 3. The van der Waals surface area contributed by atoms with Gasteiger partial charge < -0.3 is 20.3 Å². The predicted molar refractivity (Wildman–Crippen MR) is 101 cm³/mol. The van der Waals surface area contributed by atoms with E-state index in [1.54, 1.807) is 7.11 Å². The number of ether oxygens (including phenoxy) is 1. The van der Waals surface area contributed by atoms with Gasteiger partial charge in [-0.05, 0) is 44.8 Å². The molecule has 1 saturated heterocycles. The minimum atomic E-state index is 0.609. The molecule has 0 spiro atoms. The second-order valence-electron chi connectivity index (χ2n) is 6.50. The van der Waals surface area contributed by atoms with Gasteiger partial charge in [-0.2, -0.15) is 0 Å². The molecule has 1 heterocycles. The average Bonchev–Trinajstić information content (AvgIpc) is 3.10. The normalized spacial score (nSPS) is 16.9. The second-order valence-corrected chi connectivity index (χ2v) is 6.50. The van der Waals surface area contributed by atoms with E-state index in [-0.39, 0.29) is 0 Å². The zero-order valence-electron chi connectivity index (χ0n) is 15.3. The molecule has 0 aromatic heterocycles. The van der Waals surface area contributed by atoms with Crippen molar-refractivity contribution in [2.75, 3.05) is 39.8 Å². The number of nitrogens with zero attached hydrogens (tertiary/aromatic N) is 2. The van der Waals surface area contributed by atoms with Gasteiger partial charge in [-0.15, -0.1) is 0 Å². The van der Waals surface area contributed by atoms with Crippen LogP contribution in [0.4, 0.5) is 0 Å². The Bertz CT molecular complexity index is 512. The highest BCUT2D eigenvalue weighted by Gasteiger charge is 2.14. The molecule has 0 saturated carbocycles. The second kappa shape index (κ2) is 10.2. The third kappa shape index (κ3) is 6.04. The van der Waals surface area contributed by atoms with Crippen molar-refractivity contribution in [1.82, 2.24) is 15.5 Å². The lowest BCUT2D eigenvalue weighted by Gasteiger charge is -2.21. The predicted octanol–water partition coefficient (Wildman–Crippen LogP) is 2.48. The lowest BCUT2D eigenvalue weighted by Crippen LogP contribution is -2.41. The van der Waals surface area contributed by atoms with E-state index in [4.69, 9.17) is 9.73 Å². The van der Waals surface area contributed by atoms with Gasteiger partial charge in [0.05, 0.1) is 13.7 Å². The van der Waals surface area contributed by atoms with E-state index in [1.807, 2.05) is 18.2 Å². The Labute approximate surface area is 146 Å². The van der Waals surface area contributed by atoms with Crippen LogP contribution in [0.2, 0.25) is 0 Å². The Morgan fingerprint density at radius 2 is 2.00 bits per heavy atom. The molecule has 1 aromatic carbocycles. The van der Waals surface area contributed by atoms with Crippen LogP contribution in [0.5, 0.6) is 5.75 Å². The number of likely N-dealkylation sites (tertiary alicyclic amines) is 1. The van der Waals surface area contributed by atoms with Gasteiger partial charge >= 0.3 is 0 Å². The van der Waals surface area contributed by atoms with Crippen LogP contribution in [-0.4, -0.2) is 50.7 Å². The molecular weight excluding hydrogens is 300 g/mol. The van der Waals surface area contributed by atoms with Crippen LogP contribution in [0.15, 0.2) is 29.3 Å². The number of methoxy groups -OCH3 is 1. The van der Waals surface area contributed by atoms with E-state index < -0.39 is 0 Å². The summed E-state index contributed by atoms with van der Waals surface area (Å²) in [5.41, 5.74) is 1.10. The molecule has 1 fully saturated rings. The van der Waals surface area contributed by atoms with Crippen molar-refractivity contribution in [1.29, 1.82) is 0 Å². The van der Waals surface area contributed by atoms with Crippen LogP contribution in [0.25, 0.3) is 0 Å². The summed E-state index contributed by atoms with van der Waals surface area (Å²) in [5, 5.41) is 6.80. The molecule has 134 valence electrons. The van der Waals surface area contributed by atoms with Gasteiger partial charge in [-0.3, -0.25) is 0 Å². The molecule has 1 atom stereocenters. The maximum atomic E-state index is 5.39. The quantitative estimate of drug-likeness (QED) is 0.567. The molecule has 2 rings (SSSR count). The zero-order valence-corrected chi connectivity index (χ0v) is 15.3. The Hall–Kier alpha value is -1.75. The first-order valence-electron chi connectivity index (χ1n) is 9.09. The van der Waals surface area contributed by atoms with Gasteiger partial charge in [0.25, 0.3) is 0 Å². The van der Waals surface area contributed by atoms with Gasteiger partial charge in [-0.25, -0.2) is 4.99 Å². The first-order valence-corrected chi connectivity index (χ1v) is 9.09. The first kappa shape index (κ1) is 18.6. The number of rotatable bonds is 8. The number of aliphatic imine (C=N–C) groups is 1. The van der Waals surface area contributed by atoms with Crippen LogP contribution >= 0.6 is 0 Å². The smallest absolute Gasteiger partial charge is 0.191 e. The number of benzene rings is 1. The summed E-state index contributed by atoms with van der Waals surface area (Å²) < 4.78 is 5.39. The molecule has 1 aliphatic rings. The minimum Gasteiger partial charge on any atom is -0.496 e. The molecule has 0 bridgehead atoms. The highest BCUT2D eigenvalue weighted by molar-refractivity contribution is 5.79. The summed E-state index contributed by atoms with van der Waals surface area (Å²) in [4.78, 5) is 7.26. The fourth-order valence-corrected chi connectivity index (χ4v) is 3.08. The van der Waals surface area contributed by atoms with Crippen LogP contribution in [-0.2, 0) is 6.54 Å². The summed E-state index contributed by atoms with van der Waals surface area (Å²) in [5.74, 6) is 2.37. The monoisotopic (exact) mass is 332 g/mol. The van der Waals surface area contributed by atoms with Gasteiger partial charge in [-0.1, -0.05) is 25.1 Å². The lowest BCUT2D eigenvalue weighted by atomic mass is 10.1. The molecule has 2 N–H and O–H groups in total. The largest absolute Gasteiger partial charge is 0.496 e. The number of hydrogen-bond donors (Lipinski definition) is 2. The first-order chi connectivity index (χ1) is 11.7. The topological polar surface area (TPSA) is 48.9 Å². The third-order valence-corrected chi connectivity index (χ3v) is 4.33. The van der Waals surface area contributed by atoms with E-state index in [0.717, 1.165) is 30.4 Å². The summed E-state index contributed by atoms with van der Waals surface area (Å²) in [6, 6.07) is 8.03. The van der Waals surface area contributed by atoms with Gasteiger partial charge in [0.2, 0.25) is 0 Å². The summed E-state index contributed by atoms with van der Waals surface area (Å²) >= 11 is 0. The van der Waals surface area contributed by atoms with E-state index in [0.29, 0.717) is 12.5 Å². The van der Waals surface area contributed by atoms with Crippen LogP contribution in [0, 0.1) is 5.92 Å². The van der Waals surface area contributed by atoms with Crippen LogP contribution in [0.1, 0.15) is 32.3 Å². The average molecular weight is 332 g/mol. The third-order valence-electron chi connectivity index (χ3n) is 4.33. The molecular formula is C19H32N4O. The van der Waals surface area contributed by atoms with Crippen molar-refractivity contribution < 1.29 is 4.74 Å². The molecule has 0 amide bonds. The minimum absolute atomic E-state index is 0.609. The van der Waals surface area contributed by atoms with Gasteiger partial charge in [0, 0.05) is 25.2 Å². The summed E-state index contributed by atoms with van der Waals surface area (Å²) in [6.07, 6.45) is 2.70. The molecule has 0 radical (unpaired) electrons. The Kier molecular flexibility index (Phi) is 7.89. The summed E-state index contributed by atoms with van der Waals surface area (Å²) in [7, 11) is 1.70. The highest BCUT2D eigenvalue weighted by atomic mass is 16.5. The molecule has 1 aromatic rings. The Morgan fingerprint density at radius 3 is 2.71 bits per heavy atom. The Balaban J connectivity index is 1.85. The number of nitrogens with one attached hydrogen (secondary N) is 2. The highest BCUT2D eigenvalue weighted by Crippen LogP contribution is 2.17. The molecule has 0 aliphatic carbocycles. The molecule has 1 aliphatic heterocycles. The van der Waals surface area contributed by atoms with E-state index in [1.165, 1.54) is 32.5 Å².